The molecule has 2 atom stereocenters. The Bertz CT molecular complexity index is 655. The van der Waals surface area contributed by atoms with Crippen LogP contribution in [-0.2, 0) is 4.79 Å². The molecule has 1 saturated heterocycles. The smallest absolute Gasteiger partial charge is 0.320 e. The van der Waals surface area contributed by atoms with E-state index >= 15 is 0 Å². The van der Waals surface area contributed by atoms with Crippen molar-refractivity contribution in [2.45, 2.75) is 38.3 Å². The molecule has 0 aliphatic carbocycles. The van der Waals surface area contributed by atoms with E-state index in [0.717, 1.165) is 40.7 Å². The molecule has 3 rings (SSSR count). The zero-order chi connectivity index (χ0) is 17.1. The molecule has 2 unspecified atom stereocenters. The fraction of sp³-hybridized carbons (Fsp3) is 0.368. The number of piperidine rings is 1. The Hall–Kier alpha value is -1.72. The number of halogens is 1. The van der Waals surface area contributed by atoms with Gasteiger partial charge >= 0.3 is 5.97 Å². The van der Waals surface area contributed by atoms with E-state index < -0.39 is 12.0 Å². The van der Waals surface area contributed by atoms with Crippen LogP contribution >= 0.6 is 15.9 Å². The average molecular weight is 389 g/mol. The van der Waals surface area contributed by atoms with Crippen LogP contribution < -0.4 is 0 Å². The first kappa shape index (κ1) is 17.1. The Balaban J connectivity index is 2.05. The van der Waals surface area contributed by atoms with Gasteiger partial charge in [0, 0.05) is 10.7 Å². The summed E-state index contributed by atoms with van der Waals surface area (Å²) in [5.41, 5.74) is 3.07. The van der Waals surface area contributed by atoms with E-state index in [1.54, 1.807) is 0 Å². The molecule has 0 bridgehead atoms. The summed E-state index contributed by atoms with van der Waals surface area (Å²) in [6, 6.07) is 11.5. The quantitative estimate of drug-likeness (QED) is 0.853. The first-order valence-corrected chi connectivity index (χ1v) is 9.02. The van der Waals surface area contributed by atoms with E-state index in [9.17, 15) is 9.90 Å². The number of carbonyl (C=O) groups is 1. The van der Waals surface area contributed by atoms with Crippen molar-refractivity contribution < 1.29 is 9.90 Å². The molecule has 5 heteroatoms. The summed E-state index contributed by atoms with van der Waals surface area (Å²) in [7, 11) is 0. The highest BCUT2D eigenvalue weighted by Crippen LogP contribution is 2.33. The second-order valence-corrected chi connectivity index (χ2v) is 7.22. The minimum absolute atomic E-state index is 0.139. The van der Waals surface area contributed by atoms with Crippen LogP contribution in [0.3, 0.4) is 0 Å². The van der Waals surface area contributed by atoms with Gasteiger partial charge in [0.25, 0.3) is 0 Å². The molecule has 1 aliphatic rings. The van der Waals surface area contributed by atoms with Gasteiger partial charge in [0.15, 0.2) is 0 Å². The molecule has 24 heavy (non-hydrogen) atoms. The molecule has 4 nitrogen and oxygen atoms in total. The van der Waals surface area contributed by atoms with Crippen LogP contribution in [0.5, 0.6) is 0 Å². The largest absolute Gasteiger partial charge is 0.480 e. The van der Waals surface area contributed by atoms with Crippen molar-refractivity contribution in [1.29, 1.82) is 0 Å². The van der Waals surface area contributed by atoms with E-state index in [2.05, 4.69) is 25.8 Å². The highest BCUT2D eigenvalue weighted by molar-refractivity contribution is 9.10. The first-order valence-electron chi connectivity index (χ1n) is 8.23. The van der Waals surface area contributed by atoms with Crippen LogP contribution in [0.25, 0.3) is 0 Å². The molecule has 1 aliphatic heterocycles. The van der Waals surface area contributed by atoms with Gasteiger partial charge in [0.05, 0.1) is 11.7 Å². The van der Waals surface area contributed by atoms with Crippen LogP contribution in [0.4, 0.5) is 0 Å². The Kier molecular flexibility index (Phi) is 5.31. The normalized spacial score (nSPS) is 19.8. The van der Waals surface area contributed by atoms with E-state index in [-0.39, 0.29) is 6.04 Å². The number of rotatable bonds is 4. The molecule has 0 amide bonds. The summed E-state index contributed by atoms with van der Waals surface area (Å²) >= 11 is 3.47. The van der Waals surface area contributed by atoms with Crippen LogP contribution in [0, 0.1) is 6.92 Å². The van der Waals surface area contributed by atoms with Gasteiger partial charge in [0.2, 0.25) is 0 Å². The number of carboxylic acids is 1. The zero-order valence-corrected chi connectivity index (χ0v) is 15.2. The Morgan fingerprint density at radius 3 is 2.62 bits per heavy atom. The number of likely N-dealkylation sites (tertiary alicyclic amines) is 1. The molecule has 1 N–H and O–H groups in total. The lowest BCUT2D eigenvalue weighted by Crippen LogP contribution is -2.47. The zero-order valence-electron chi connectivity index (χ0n) is 13.7. The lowest BCUT2D eigenvalue weighted by atomic mass is 9.94. The summed E-state index contributed by atoms with van der Waals surface area (Å²) in [4.78, 5) is 18.5. The molecule has 1 aromatic heterocycles. The highest BCUT2D eigenvalue weighted by atomic mass is 79.9. The SMILES string of the molecule is Cc1ccc(C(c2ccc(Br)cc2)N2CCCCC2C(=O)O)nc1. The third-order valence-electron chi connectivity index (χ3n) is 4.56. The molecule has 0 spiro atoms. The van der Waals surface area contributed by atoms with Crippen molar-refractivity contribution in [2.75, 3.05) is 6.54 Å². The first-order chi connectivity index (χ1) is 11.6. The van der Waals surface area contributed by atoms with Gasteiger partial charge in [-0.2, -0.15) is 0 Å². The molecule has 2 heterocycles. The topological polar surface area (TPSA) is 53.4 Å². The molecule has 1 fully saturated rings. The third kappa shape index (κ3) is 3.68. The predicted octanol–water partition coefficient (Wildman–Crippen LogP) is 4.18. The number of hydrogen-bond acceptors (Lipinski definition) is 3. The molecule has 126 valence electrons. The van der Waals surface area contributed by atoms with E-state index in [0.29, 0.717) is 6.42 Å². The average Bonchev–Trinajstić information content (AvgIpc) is 2.59. The van der Waals surface area contributed by atoms with Crippen molar-refractivity contribution in [3.05, 3.63) is 63.9 Å². The number of benzene rings is 1. The van der Waals surface area contributed by atoms with Crippen molar-refractivity contribution >= 4 is 21.9 Å². The predicted molar refractivity (Wildman–Crippen MR) is 96.9 cm³/mol. The summed E-state index contributed by atoms with van der Waals surface area (Å²) in [6.45, 7) is 2.78. The number of aromatic nitrogens is 1. The molecule has 2 aromatic rings. The molecule has 0 radical (unpaired) electrons. The van der Waals surface area contributed by atoms with Gasteiger partial charge in [-0.15, -0.1) is 0 Å². The Labute approximate surface area is 150 Å². The second-order valence-electron chi connectivity index (χ2n) is 6.30. The number of aliphatic carboxylic acids is 1. The maximum atomic E-state index is 11.8. The summed E-state index contributed by atoms with van der Waals surface area (Å²) in [6.07, 6.45) is 4.51. The Morgan fingerprint density at radius 2 is 2.00 bits per heavy atom. The van der Waals surface area contributed by atoms with Gasteiger partial charge in [-0.3, -0.25) is 14.7 Å². The minimum Gasteiger partial charge on any atom is -0.480 e. The van der Waals surface area contributed by atoms with E-state index in [1.165, 1.54) is 0 Å². The van der Waals surface area contributed by atoms with E-state index in [4.69, 9.17) is 0 Å². The van der Waals surface area contributed by atoms with Gasteiger partial charge in [-0.05, 0) is 55.6 Å². The minimum atomic E-state index is -0.746. The van der Waals surface area contributed by atoms with Crippen LogP contribution in [0.2, 0.25) is 0 Å². The molecular formula is C19H21BrN2O2. The van der Waals surface area contributed by atoms with Gasteiger partial charge < -0.3 is 5.11 Å². The van der Waals surface area contributed by atoms with Gasteiger partial charge in [0.1, 0.15) is 6.04 Å². The lowest BCUT2D eigenvalue weighted by molar-refractivity contribution is -0.145. The van der Waals surface area contributed by atoms with Crippen molar-refractivity contribution in [3.8, 4) is 0 Å². The van der Waals surface area contributed by atoms with Crippen LogP contribution in [0.1, 0.15) is 42.1 Å². The second kappa shape index (κ2) is 7.45. The number of pyridine rings is 1. The monoisotopic (exact) mass is 388 g/mol. The molecule has 1 aromatic carbocycles. The summed E-state index contributed by atoms with van der Waals surface area (Å²) < 4.78 is 1.01. The summed E-state index contributed by atoms with van der Waals surface area (Å²) in [5.74, 6) is -0.746. The van der Waals surface area contributed by atoms with Gasteiger partial charge in [-0.1, -0.05) is 40.5 Å². The Morgan fingerprint density at radius 1 is 1.25 bits per heavy atom. The highest BCUT2D eigenvalue weighted by Gasteiger charge is 2.35. The maximum absolute atomic E-state index is 11.8. The van der Waals surface area contributed by atoms with Crippen molar-refractivity contribution in [1.82, 2.24) is 9.88 Å². The lowest BCUT2D eigenvalue weighted by Gasteiger charge is -2.39. The van der Waals surface area contributed by atoms with Gasteiger partial charge in [-0.25, -0.2) is 0 Å². The summed E-state index contributed by atoms with van der Waals surface area (Å²) in [5, 5.41) is 9.67. The van der Waals surface area contributed by atoms with Crippen molar-refractivity contribution in [3.63, 3.8) is 0 Å². The van der Waals surface area contributed by atoms with Crippen LogP contribution in [0.15, 0.2) is 47.1 Å². The van der Waals surface area contributed by atoms with Crippen LogP contribution in [-0.4, -0.2) is 33.5 Å². The molecular weight excluding hydrogens is 368 g/mol. The number of carboxylic acid groups (broad SMARTS) is 1. The van der Waals surface area contributed by atoms with Crippen molar-refractivity contribution in [2.24, 2.45) is 0 Å². The van der Waals surface area contributed by atoms with E-state index in [1.807, 2.05) is 49.5 Å². The number of nitrogens with zero attached hydrogens (tertiary/aromatic N) is 2. The maximum Gasteiger partial charge on any atom is 0.320 e. The molecule has 0 saturated carbocycles. The third-order valence-corrected chi connectivity index (χ3v) is 5.09. The number of aryl methyl sites for hydroxylation is 1. The number of hydrogen-bond donors (Lipinski definition) is 1. The fourth-order valence-corrected chi connectivity index (χ4v) is 3.61. The standard InChI is InChI=1S/C19H21BrN2O2/c1-13-5-10-16(21-12-13)18(14-6-8-15(20)9-7-14)22-11-3-2-4-17(22)19(23)24/h5-10,12,17-18H,2-4,11H2,1H3,(H,23,24). The fourth-order valence-electron chi connectivity index (χ4n) is 3.35.